The highest BCUT2D eigenvalue weighted by Crippen LogP contribution is 2.20. The molecule has 0 saturated heterocycles. The molecule has 0 radical (unpaired) electrons. The third-order valence-corrected chi connectivity index (χ3v) is 2.29. The van der Waals surface area contributed by atoms with Crippen LogP contribution in [-0.4, -0.2) is 11.0 Å². The van der Waals surface area contributed by atoms with Crippen LogP contribution in [0.4, 0.5) is 0 Å². The van der Waals surface area contributed by atoms with E-state index in [2.05, 4.69) is 24.1 Å². The minimum Gasteiger partial charge on any atom is -0.460 e. The molecular weight excluding hydrogens is 200 g/mol. The van der Waals surface area contributed by atoms with Gasteiger partial charge in [0, 0.05) is 24.0 Å². The van der Waals surface area contributed by atoms with Gasteiger partial charge in [-0.3, -0.25) is 4.98 Å². The highest BCUT2D eigenvalue weighted by molar-refractivity contribution is 5.55. The van der Waals surface area contributed by atoms with Crippen molar-refractivity contribution in [2.24, 2.45) is 0 Å². The molecule has 3 heteroatoms. The highest BCUT2D eigenvalue weighted by atomic mass is 16.3. The van der Waals surface area contributed by atoms with E-state index in [0.29, 0.717) is 6.04 Å². The molecule has 2 heterocycles. The summed E-state index contributed by atoms with van der Waals surface area (Å²) < 4.78 is 5.72. The van der Waals surface area contributed by atoms with Crippen LogP contribution in [0.3, 0.4) is 0 Å². The maximum Gasteiger partial charge on any atom is 0.135 e. The number of rotatable bonds is 4. The molecule has 3 nitrogen and oxygen atoms in total. The molecule has 0 aliphatic heterocycles. The van der Waals surface area contributed by atoms with Gasteiger partial charge in [-0.15, -0.1) is 0 Å². The standard InChI is InChI=1S/C13H16N2O/c1-10(2)15-9-12-5-6-13(16-12)11-4-3-7-14-8-11/h3-8,10,15H,9H2,1-2H3. The van der Waals surface area contributed by atoms with Gasteiger partial charge in [0.2, 0.25) is 0 Å². The lowest BCUT2D eigenvalue weighted by Gasteiger charge is -2.04. The average molecular weight is 216 g/mol. The topological polar surface area (TPSA) is 38.1 Å². The van der Waals surface area contributed by atoms with Crippen LogP contribution < -0.4 is 5.32 Å². The van der Waals surface area contributed by atoms with Crippen molar-refractivity contribution < 1.29 is 4.42 Å². The third kappa shape index (κ3) is 2.70. The predicted octanol–water partition coefficient (Wildman–Crippen LogP) is 2.84. The van der Waals surface area contributed by atoms with Crippen molar-refractivity contribution >= 4 is 0 Å². The second kappa shape index (κ2) is 4.94. The van der Waals surface area contributed by atoms with Crippen molar-refractivity contribution in [1.29, 1.82) is 0 Å². The van der Waals surface area contributed by atoms with Crippen molar-refractivity contribution in [1.82, 2.24) is 10.3 Å². The molecule has 0 atom stereocenters. The van der Waals surface area contributed by atoms with E-state index >= 15 is 0 Å². The number of pyridine rings is 1. The molecule has 2 aromatic heterocycles. The fraction of sp³-hybridized carbons (Fsp3) is 0.308. The molecule has 0 bridgehead atoms. The van der Waals surface area contributed by atoms with E-state index in [-0.39, 0.29) is 0 Å². The highest BCUT2D eigenvalue weighted by Gasteiger charge is 2.04. The first-order chi connectivity index (χ1) is 7.75. The Labute approximate surface area is 95.5 Å². The van der Waals surface area contributed by atoms with E-state index in [0.717, 1.165) is 23.6 Å². The predicted molar refractivity (Wildman–Crippen MR) is 63.9 cm³/mol. The summed E-state index contributed by atoms with van der Waals surface area (Å²) in [7, 11) is 0. The maximum atomic E-state index is 5.72. The Balaban J connectivity index is 2.08. The molecule has 84 valence electrons. The Kier molecular flexibility index (Phi) is 3.37. The van der Waals surface area contributed by atoms with Crippen LogP contribution in [-0.2, 0) is 6.54 Å². The van der Waals surface area contributed by atoms with Crippen LogP contribution in [0.2, 0.25) is 0 Å². The van der Waals surface area contributed by atoms with Crippen LogP contribution in [0.25, 0.3) is 11.3 Å². The smallest absolute Gasteiger partial charge is 0.135 e. The van der Waals surface area contributed by atoms with Gasteiger partial charge in [0.15, 0.2) is 0 Å². The van der Waals surface area contributed by atoms with Gasteiger partial charge in [-0.05, 0) is 24.3 Å². The Bertz CT molecular complexity index is 434. The van der Waals surface area contributed by atoms with E-state index < -0.39 is 0 Å². The van der Waals surface area contributed by atoms with E-state index in [9.17, 15) is 0 Å². The zero-order valence-electron chi connectivity index (χ0n) is 9.60. The Morgan fingerprint density at radius 2 is 2.19 bits per heavy atom. The van der Waals surface area contributed by atoms with E-state index in [1.165, 1.54) is 0 Å². The summed E-state index contributed by atoms with van der Waals surface area (Å²) in [4.78, 5) is 4.07. The molecule has 0 unspecified atom stereocenters. The van der Waals surface area contributed by atoms with Crippen LogP contribution in [0.15, 0.2) is 41.1 Å². The fourth-order valence-corrected chi connectivity index (χ4v) is 1.44. The maximum absolute atomic E-state index is 5.72. The second-order valence-electron chi connectivity index (χ2n) is 4.04. The molecule has 0 fully saturated rings. The summed E-state index contributed by atoms with van der Waals surface area (Å²) in [6, 6.07) is 8.34. The van der Waals surface area contributed by atoms with Gasteiger partial charge in [-0.1, -0.05) is 13.8 Å². The third-order valence-electron chi connectivity index (χ3n) is 2.29. The van der Waals surface area contributed by atoms with Gasteiger partial charge < -0.3 is 9.73 Å². The summed E-state index contributed by atoms with van der Waals surface area (Å²) >= 11 is 0. The Hall–Kier alpha value is -1.61. The van der Waals surface area contributed by atoms with Gasteiger partial charge in [0.05, 0.1) is 6.54 Å². The first-order valence-electron chi connectivity index (χ1n) is 5.48. The average Bonchev–Trinajstić information content (AvgIpc) is 2.76. The molecule has 16 heavy (non-hydrogen) atoms. The quantitative estimate of drug-likeness (QED) is 0.854. The summed E-state index contributed by atoms with van der Waals surface area (Å²) in [5.41, 5.74) is 1.01. The van der Waals surface area contributed by atoms with Crippen molar-refractivity contribution in [2.45, 2.75) is 26.4 Å². The lowest BCUT2D eigenvalue weighted by Crippen LogP contribution is -2.21. The number of nitrogens with zero attached hydrogens (tertiary/aromatic N) is 1. The van der Waals surface area contributed by atoms with E-state index in [1.807, 2.05) is 24.3 Å². The monoisotopic (exact) mass is 216 g/mol. The number of furan rings is 1. The molecule has 2 rings (SSSR count). The van der Waals surface area contributed by atoms with Crippen LogP contribution >= 0.6 is 0 Å². The van der Waals surface area contributed by atoms with Crippen molar-refractivity contribution in [3.63, 3.8) is 0 Å². The summed E-state index contributed by atoms with van der Waals surface area (Å²) in [6.45, 7) is 4.99. The summed E-state index contributed by atoms with van der Waals surface area (Å²) in [5.74, 6) is 1.82. The molecule has 0 aliphatic rings. The van der Waals surface area contributed by atoms with Gasteiger partial charge in [0.25, 0.3) is 0 Å². The van der Waals surface area contributed by atoms with E-state index in [1.54, 1.807) is 12.4 Å². The number of nitrogens with one attached hydrogen (secondary N) is 1. The summed E-state index contributed by atoms with van der Waals surface area (Å²) in [5, 5.41) is 3.32. The Morgan fingerprint density at radius 3 is 2.88 bits per heavy atom. The van der Waals surface area contributed by atoms with Gasteiger partial charge in [0.1, 0.15) is 11.5 Å². The molecular formula is C13H16N2O. The first-order valence-corrected chi connectivity index (χ1v) is 5.48. The summed E-state index contributed by atoms with van der Waals surface area (Å²) in [6.07, 6.45) is 3.56. The minimum atomic E-state index is 0.465. The number of aromatic nitrogens is 1. The number of hydrogen-bond acceptors (Lipinski definition) is 3. The van der Waals surface area contributed by atoms with Crippen molar-refractivity contribution in [2.75, 3.05) is 0 Å². The normalized spacial score (nSPS) is 10.9. The SMILES string of the molecule is CC(C)NCc1ccc(-c2cccnc2)o1. The van der Waals surface area contributed by atoms with Gasteiger partial charge in [-0.25, -0.2) is 0 Å². The van der Waals surface area contributed by atoms with Crippen LogP contribution in [0.5, 0.6) is 0 Å². The number of hydrogen-bond donors (Lipinski definition) is 1. The molecule has 0 aliphatic carbocycles. The molecule has 0 aromatic carbocycles. The zero-order valence-corrected chi connectivity index (χ0v) is 9.60. The van der Waals surface area contributed by atoms with Crippen molar-refractivity contribution in [3.05, 3.63) is 42.4 Å². The van der Waals surface area contributed by atoms with Crippen LogP contribution in [0, 0.1) is 0 Å². The second-order valence-corrected chi connectivity index (χ2v) is 4.04. The lowest BCUT2D eigenvalue weighted by molar-refractivity contribution is 0.473. The zero-order chi connectivity index (χ0) is 11.4. The molecule has 0 amide bonds. The minimum absolute atomic E-state index is 0.465. The van der Waals surface area contributed by atoms with Gasteiger partial charge >= 0.3 is 0 Å². The van der Waals surface area contributed by atoms with Gasteiger partial charge in [-0.2, -0.15) is 0 Å². The fourth-order valence-electron chi connectivity index (χ4n) is 1.44. The van der Waals surface area contributed by atoms with Crippen molar-refractivity contribution in [3.8, 4) is 11.3 Å². The van der Waals surface area contributed by atoms with Crippen LogP contribution in [0.1, 0.15) is 19.6 Å². The molecule has 0 spiro atoms. The van der Waals surface area contributed by atoms with E-state index in [4.69, 9.17) is 4.42 Å². The lowest BCUT2D eigenvalue weighted by atomic mass is 10.2. The molecule has 2 aromatic rings. The first kappa shape index (κ1) is 10.9. The molecule has 0 saturated carbocycles. The molecule has 1 N–H and O–H groups in total. The largest absolute Gasteiger partial charge is 0.460 e. The Morgan fingerprint density at radius 1 is 1.31 bits per heavy atom.